The van der Waals surface area contributed by atoms with Crippen LogP contribution in [0.1, 0.15) is 75.6 Å². The van der Waals surface area contributed by atoms with Gasteiger partial charge in [0.15, 0.2) is 5.78 Å². The van der Waals surface area contributed by atoms with Gasteiger partial charge in [-0.3, -0.25) is 14.4 Å². The average molecular weight is 367 g/mol. The molecule has 1 aromatic carbocycles. The van der Waals surface area contributed by atoms with Crippen LogP contribution in [-0.4, -0.2) is 23.0 Å². The van der Waals surface area contributed by atoms with Crippen molar-refractivity contribution in [2.75, 3.05) is 0 Å². The molecule has 2 unspecified atom stereocenters. The van der Waals surface area contributed by atoms with Crippen molar-refractivity contribution in [3.8, 4) is 11.8 Å². The molecule has 0 spiro atoms. The molecule has 2 atom stereocenters. The first-order valence-corrected chi connectivity index (χ1v) is 9.51. The van der Waals surface area contributed by atoms with Crippen molar-refractivity contribution in [2.24, 2.45) is 5.92 Å². The predicted molar refractivity (Wildman–Crippen MR) is 106 cm³/mol. The number of carbonyl (C=O) groups excluding carboxylic acids is 3. The van der Waals surface area contributed by atoms with Crippen molar-refractivity contribution in [3.05, 3.63) is 34.4 Å². The van der Waals surface area contributed by atoms with Crippen molar-refractivity contribution >= 4 is 17.5 Å². The van der Waals surface area contributed by atoms with E-state index in [9.17, 15) is 14.4 Å². The van der Waals surface area contributed by atoms with Gasteiger partial charge in [0.25, 0.3) is 0 Å². The van der Waals surface area contributed by atoms with Crippen LogP contribution in [0.2, 0.25) is 0 Å². The molecule has 0 aromatic heterocycles. The van der Waals surface area contributed by atoms with Crippen LogP contribution in [0.5, 0.6) is 0 Å². The first kappa shape index (κ1) is 20.9. The Morgan fingerprint density at radius 3 is 2.48 bits per heavy atom. The van der Waals surface area contributed by atoms with Gasteiger partial charge in [-0.1, -0.05) is 12.8 Å². The fourth-order valence-corrected chi connectivity index (χ4v) is 3.82. The SMILES string of the molecule is CC#Cc1cc(C)c(C2C(=O)CC(CC(=O)NC(C)(C)C)C2=O)c(CC)c1. The minimum atomic E-state index is -0.754. The Labute approximate surface area is 162 Å². The molecule has 0 saturated heterocycles. The maximum Gasteiger partial charge on any atom is 0.221 e. The third-order valence-electron chi connectivity index (χ3n) is 4.81. The topological polar surface area (TPSA) is 63.2 Å². The zero-order chi connectivity index (χ0) is 20.4. The van der Waals surface area contributed by atoms with Gasteiger partial charge in [-0.2, -0.15) is 0 Å². The highest BCUT2D eigenvalue weighted by molar-refractivity contribution is 6.15. The van der Waals surface area contributed by atoms with Gasteiger partial charge in [0.2, 0.25) is 5.91 Å². The summed E-state index contributed by atoms with van der Waals surface area (Å²) in [6.45, 7) is 11.4. The summed E-state index contributed by atoms with van der Waals surface area (Å²) in [7, 11) is 0. The largest absolute Gasteiger partial charge is 0.351 e. The van der Waals surface area contributed by atoms with Crippen molar-refractivity contribution in [3.63, 3.8) is 0 Å². The van der Waals surface area contributed by atoms with E-state index < -0.39 is 11.8 Å². The summed E-state index contributed by atoms with van der Waals surface area (Å²) in [5.41, 5.74) is 3.25. The number of hydrogen-bond acceptors (Lipinski definition) is 3. The molecule has 0 aliphatic heterocycles. The Bertz CT molecular complexity index is 834. The predicted octanol–water partition coefficient (Wildman–Crippen LogP) is 3.48. The Balaban J connectivity index is 2.32. The number of nitrogens with one attached hydrogen (secondary N) is 1. The van der Waals surface area contributed by atoms with Crippen molar-refractivity contribution in [1.82, 2.24) is 5.32 Å². The third-order valence-corrected chi connectivity index (χ3v) is 4.81. The van der Waals surface area contributed by atoms with Crippen LogP contribution in [0.15, 0.2) is 12.1 Å². The quantitative estimate of drug-likeness (QED) is 0.655. The standard InChI is InChI=1S/C23H29NO3/c1-7-9-15-10-14(3)20(16(8-2)11-15)21-18(25)12-17(22(21)27)13-19(26)24-23(4,5)6/h10-11,17,21H,8,12-13H2,1-6H3,(H,24,26). The fraction of sp³-hybridized carbons (Fsp3) is 0.522. The van der Waals surface area contributed by atoms with Gasteiger partial charge in [-0.15, -0.1) is 5.92 Å². The Morgan fingerprint density at radius 2 is 1.93 bits per heavy atom. The summed E-state index contributed by atoms with van der Waals surface area (Å²) in [4.78, 5) is 38.0. The van der Waals surface area contributed by atoms with E-state index in [0.29, 0.717) is 0 Å². The van der Waals surface area contributed by atoms with Crippen LogP contribution in [-0.2, 0) is 20.8 Å². The molecule has 1 N–H and O–H groups in total. The van der Waals surface area contributed by atoms with Crippen molar-refractivity contribution in [2.45, 2.75) is 72.3 Å². The number of hydrogen-bond donors (Lipinski definition) is 1. The third kappa shape index (κ3) is 4.86. The van der Waals surface area contributed by atoms with Gasteiger partial charge in [-0.05, 0) is 69.9 Å². The highest BCUT2D eigenvalue weighted by Gasteiger charge is 2.44. The summed E-state index contributed by atoms with van der Waals surface area (Å²) in [6, 6.07) is 3.91. The Hall–Kier alpha value is -2.41. The molecule has 1 aromatic rings. The average Bonchev–Trinajstić information content (AvgIpc) is 2.79. The molecule has 1 aliphatic rings. The highest BCUT2D eigenvalue weighted by atomic mass is 16.2. The molecular weight excluding hydrogens is 338 g/mol. The molecule has 0 radical (unpaired) electrons. The molecule has 1 amide bonds. The lowest BCUT2D eigenvalue weighted by molar-refractivity contribution is -0.129. The second-order valence-electron chi connectivity index (χ2n) is 8.30. The van der Waals surface area contributed by atoms with Gasteiger partial charge in [0, 0.05) is 29.9 Å². The van der Waals surface area contributed by atoms with E-state index in [1.807, 2.05) is 46.8 Å². The first-order chi connectivity index (χ1) is 12.6. The zero-order valence-electron chi connectivity index (χ0n) is 17.2. The lowest BCUT2D eigenvalue weighted by Crippen LogP contribution is -2.41. The number of aryl methyl sites for hydroxylation is 2. The summed E-state index contributed by atoms with van der Waals surface area (Å²) in [5, 5.41) is 2.87. The number of amides is 1. The van der Waals surface area contributed by atoms with Crippen LogP contribution in [0, 0.1) is 24.7 Å². The lowest BCUT2D eigenvalue weighted by Gasteiger charge is -2.21. The van der Waals surface area contributed by atoms with E-state index in [-0.39, 0.29) is 35.9 Å². The molecule has 0 bridgehead atoms. The van der Waals surface area contributed by atoms with Gasteiger partial charge < -0.3 is 5.32 Å². The molecule has 1 saturated carbocycles. The fourth-order valence-electron chi connectivity index (χ4n) is 3.82. The van der Waals surface area contributed by atoms with E-state index in [2.05, 4.69) is 17.2 Å². The van der Waals surface area contributed by atoms with E-state index >= 15 is 0 Å². The Kier molecular flexibility index (Phi) is 6.26. The number of rotatable bonds is 4. The van der Waals surface area contributed by atoms with E-state index in [1.54, 1.807) is 6.92 Å². The molecule has 4 nitrogen and oxygen atoms in total. The van der Waals surface area contributed by atoms with Crippen LogP contribution < -0.4 is 5.32 Å². The lowest BCUT2D eigenvalue weighted by atomic mass is 9.85. The van der Waals surface area contributed by atoms with Gasteiger partial charge >= 0.3 is 0 Å². The van der Waals surface area contributed by atoms with E-state index in [0.717, 1.165) is 28.7 Å². The van der Waals surface area contributed by atoms with Crippen LogP contribution in [0.4, 0.5) is 0 Å². The number of ketones is 2. The van der Waals surface area contributed by atoms with Gasteiger partial charge in [-0.25, -0.2) is 0 Å². The maximum atomic E-state index is 13.0. The molecule has 4 heteroatoms. The molecule has 2 rings (SSSR count). The van der Waals surface area contributed by atoms with Crippen LogP contribution in [0.3, 0.4) is 0 Å². The molecule has 1 aliphatic carbocycles. The summed E-state index contributed by atoms with van der Waals surface area (Å²) in [6.07, 6.45) is 0.931. The Morgan fingerprint density at radius 1 is 1.26 bits per heavy atom. The maximum absolute atomic E-state index is 13.0. The van der Waals surface area contributed by atoms with E-state index in [1.165, 1.54) is 0 Å². The number of Topliss-reactive ketones (excluding diaryl/α,β-unsaturated/α-hetero) is 2. The van der Waals surface area contributed by atoms with E-state index in [4.69, 9.17) is 0 Å². The zero-order valence-corrected chi connectivity index (χ0v) is 17.2. The van der Waals surface area contributed by atoms with Crippen LogP contribution in [0.25, 0.3) is 0 Å². The second kappa shape index (κ2) is 8.08. The minimum Gasteiger partial charge on any atom is -0.351 e. The molecule has 144 valence electrons. The van der Waals surface area contributed by atoms with Gasteiger partial charge in [0.1, 0.15) is 11.7 Å². The number of benzene rings is 1. The highest BCUT2D eigenvalue weighted by Crippen LogP contribution is 2.37. The first-order valence-electron chi connectivity index (χ1n) is 9.51. The number of carbonyl (C=O) groups is 3. The minimum absolute atomic E-state index is 0.0677. The van der Waals surface area contributed by atoms with Crippen molar-refractivity contribution in [1.29, 1.82) is 0 Å². The summed E-state index contributed by atoms with van der Waals surface area (Å²) >= 11 is 0. The monoisotopic (exact) mass is 367 g/mol. The van der Waals surface area contributed by atoms with Gasteiger partial charge in [0.05, 0.1) is 0 Å². The summed E-state index contributed by atoms with van der Waals surface area (Å²) < 4.78 is 0. The summed E-state index contributed by atoms with van der Waals surface area (Å²) in [5.74, 6) is 4.25. The van der Waals surface area contributed by atoms with Crippen LogP contribution >= 0.6 is 0 Å². The van der Waals surface area contributed by atoms with Crippen molar-refractivity contribution < 1.29 is 14.4 Å². The smallest absolute Gasteiger partial charge is 0.221 e. The molecule has 27 heavy (non-hydrogen) atoms. The second-order valence-corrected chi connectivity index (χ2v) is 8.30. The normalized spacial score (nSPS) is 19.6. The molecule has 1 fully saturated rings. The molecular formula is C23H29NO3. The molecule has 0 heterocycles.